The van der Waals surface area contributed by atoms with Crippen LogP contribution in [0.25, 0.3) is 0 Å². The first-order chi connectivity index (χ1) is 6.16. The van der Waals surface area contributed by atoms with Gasteiger partial charge in [-0.25, -0.2) is 4.57 Å². The first-order valence-electron chi connectivity index (χ1n) is 3.38. The summed E-state index contributed by atoms with van der Waals surface area (Å²) >= 11 is 0. The lowest BCUT2D eigenvalue weighted by molar-refractivity contribution is -0.138. The van der Waals surface area contributed by atoms with Crippen LogP contribution in [0.5, 0.6) is 0 Å². The number of aliphatic carboxylic acids is 1. The van der Waals surface area contributed by atoms with Crippen LogP contribution in [-0.2, 0) is 14.2 Å². The molecule has 0 aliphatic heterocycles. The van der Waals surface area contributed by atoms with Gasteiger partial charge in [-0.05, 0) is 0 Å². The molecule has 0 heterocycles. The molecule has 0 unspecified atom stereocenters. The summed E-state index contributed by atoms with van der Waals surface area (Å²) in [7, 11) is -4.64. The van der Waals surface area contributed by atoms with Crippen LogP contribution in [-0.4, -0.2) is 38.1 Å². The molecule has 9 heteroatoms. The fraction of sp³-hybridized carbons (Fsp3) is 0.600. The van der Waals surface area contributed by atoms with E-state index in [0.717, 1.165) is 0 Å². The van der Waals surface area contributed by atoms with Crippen molar-refractivity contribution in [1.29, 1.82) is 0 Å². The predicted octanol–water partition coefficient (Wildman–Crippen LogP) is -1.55. The third-order valence-electron chi connectivity index (χ3n) is 0.845. The van der Waals surface area contributed by atoms with E-state index in [-0.39, 0.29) is 25.2 Å². The fourth-order valence-corrected chi connectivity index (χ4v) is 0.348. The lowest BCUT2D eigenvalue weighted by atomic mass is 10.2. The van der Waals surface area contributed by atoms with Crippen molar-refractivity contribution in [3.63, 3.8) is 0 Å². The van der Waals surface area contributed by atoms with Crippen LogP contribution in [0.4, 0.5) is 0 Å². The zero-order valence-corrected chi connectivity index (χ0v) is 8.05. The number of ketones is 1. The average Bonchev–Trinajstić information content (AvgIpc) is 1.96. The molecular weight excluding hydrogens is 217 g/mol. The van der Waals surface area contributed by atoms with Crippen molar-refractivity contribution in [2.45, 2.75) is 12.8 Å². The van der Waals surface area contributed by atoms with E-state index in [1.165, 1.54) is 0 Å². The largest absolute Gasteiger partial charge is 0.481 e. The monoisotopic (exact) mass is 229 g/mol. The summed E-state index contributed by atoms with van der Waals surface area (Å²) in [6.07, 6.45) is -0.0676. The van der Waals surface area contributed by atoms with Gasteiger partial charge in [0.1, 0.15) is 5.78 Å². The highest BCUT2D eigenvalue weighted by molar-refractivity contribution is 7.45. The Morgan fingerprint density at radius 1 is 1.14 bits per heavy atom. The first kappa shape index (κ1) is 15.7. The maximum absolute atomic E-state index is 10.3. The second kappa shape index (κ2) is 7.60. The van der Waals surface area contributed by atoms with E-state index in [0.29, 0.717) is 0 Å². The van der Waals surface area contributed by atoms with Crippen molar-refractivity contribution >= 4 is 19.6 Å². The lowest BCUT2D eigenvalue weighted by Crippen LogP contribution is -2.14. The summed E-state index contributed by atoms with van der Waals surface area (Å²) in [5, 5.41) is 8.06. The minimum Gasteiger partial charge on any atom is -0.481 e. The van der Waals surface area contributed by atoms with E-state index >= 15 is 0 Å². The molecule has 0 aliphatic rings. The maximum atomic E-state index is 10.3. The molecule has 0 fully saturated rings. The zero-order chi connectivity index (χ0) is 11.8. The average molecular weight is 229 g/mol. The van der Waals surface area contributed by atoms with Gasteiger partial charge in [-0.2, -0.15) is 0 Å². The van der Waals surface area contributed by atoms with Gasteiger partial charge in [0.25, 0.3) is 0 Å². The number of carboxylic acid groups (broad SMARTS) is 1. The van der Waals surface area contributed by atoms with Gasteiger partial charge < -0.3 is 25.5 Å². The van der Waals surface area contributed by atoms with E-state index in [2.05, 4.69) is 0 Å². The molecular formula is C5H12NO7P. The van der Waals surface area contributed by atoms with Crippen molar-refractivity contribution in [3.8, 4) is 0 Å². The van der Waals surface area contributed by atoms with Gasteiger partial charge in [-0.1, -0.05) is 0 Å². The topological polar surface area (TPSA) is 158 Å². The Balaban J connectivity index is 0. The minimum atomic E-state index is -4.64. The molecule has 0 amide bonds. The van der Waals surface area contributed by atoms with E-state index in [9.17, 15) is 9.59 Å². The Morgan fingerprint density at radius 2 is 1.50 bits per heavy atom. The molecule has 0 atom stereocenters. The van der Waals surface area contributed by atoms with Crippen molar-refractivity contribution in [2.24, 2.45) is 5.73 Å². The number of nitrogens with two attached hydrogens (primary N) is 1. The van der Waals surface area contributed by atoms with Gasteiger partial charge in [0.15, 0.2) is 0 Å². The first-order valence-corrected chi connectivity index (χ1v) is 4.95. The van der Waals surface area contributed by atoms with Crippen LogP contribution in [0.3, 0.4) is 0 Å². The Bertz CT molecular complexity index is 226. The summed E-state index contributed by atoms with van der Waals surface area (Å²) in [4.78, 5) is 41.7. The van der Waals surface area contributed by atoms with Gasteiger partial charge in [0.05, 0.1) is 13.0 Å². The van der Waals surface area contributed by atoms with Crippen molar-refractivity contribution in [3.05, 3.63) is 0 Å². The highest BCUT2D eigenvalue weighted by Gasteiger charge is 2.01. The lowest BCUT2D eigenvalue weighted by Gasteiger charge is -1.90. The molecule has 0 bridgehead atoms. The number of hydrogen-bond donors (Lipinski definition) is 5. The smallest absolute Gasteiger partial charge is 0.466 e. The predicted molar refractivity (Wildman–Crippen MR) is 45.2 cm³/mol. The molecule has 0 radical (unpaired) electrons. The molecule has 8 nitrogen and oxygen atoms in total. The number of carbonyl (C=O) groups excluding carboxylic acids is 1. The van der Waals surface area contributed by atoms with E-state index in [1.807, 2.05) is 0 Å². The maximum Gasteiger partial charge on any atom is 0.466 e. The van der Waals surface area contributed by atoms with Crippen LogP contribution < -0.4 is 5.73 Å². The van der Waals surface area contributed by atoms with Gasteiger partial charge in [0, 0.05) is 6.42 Å². The van der Waals surface area contributed by atoms with E-state index in [1.54, 1.807) is 0 Å². The summed E-state index contributed by atoms with van der Waals surface area (Å²) in [6, 6.07) is 0. The van der Waals surface area contributed by atoms with Crippen molar-refractivity contribution < 1.29 is 33.9 Å². The highest BCUT2D eigenvalue weighted by Crippen LogP contribution is 2.25. The fourth-order valence-electron chi connectivity index (χ4n) is 0.348. The summed E-state index contributed by atoms with van der Waals surface area (Å²) in [5.41, 5.74) is 4.92. The Labute approximate surface area is 79.6 Å². The van der Waals surface area contributed by atoms with Crippen LogP contribution >= 0.6 is 7.82 Å². The van der Waals surface area contributed by atoms with Crippen molar-refractivity contribution in [2.75, 3.05) is 6.54 Å². The second-order valence-electron chi connectivity index (χ2n) is 2.15. The number of phosphoric acid groups is 1. The van der Waals surface area contributed by atoms with Gasteiger partial charge in [-0.15, -0.1) is 0 Å². The standard InChI is InChI=1S/C5H9NO3.H3O4P/c6-3-4(7)1-2-5(8)9;1-5(2,3)4/h1-3,6H2,(H,8,9);(H3,1,2,3,4). The summed E-state index contributed by atoms with van der Waals surface area (Å²) in [5.74, 6) is -1.17. The number of rotatable bonds is 4. The van der Waals surface area contributed by atoms with E-state index < -0.39 is 13.8 Å². The highest BCUT2D eigenvalue weighted by atomic mass is 31.2. The molecule has 0 aliphatic carbocycles. The number of hydrogen-bond acceptors (Lipinski definition) is 4. The SMILES string of the molecule is NCC(=O)CCC(=O)O.O=P(O)(O)O. The Morgan fingerprint density at radius 3 is 1.71 bits per heavy atom. The molecule has 0 saturated heterocycles. The van der Waals surface area contributed by atoms with E-state index in [4.69, 9.17) is 30.1 Å². The Kier molecular flexibility index (Phi) is 8.51. The van der Waals surface area contributed by atoms with Crippen LogP contribution in [0.2, 0.25) is 0 Å². The van der Waals surface area contributed by atoms with Crippen LogP contribution in [0.1, 0.15) is 12.8 Å². The third-order valence-corrected chi connectivity index (χ3v) is 0.845. The molecule has 6 N–H and O–H groups in total. The third kappa shape index (κ3) is 30.3. The van der Waals surface area contributed by atoms with Gasteiger partial charge in [-0.3, -0.25) is 9.59 Å². The number of carboxylic acids is 1. The molecule has 0 aromatic heterocycles. The molecule has 0 saturated carbocycles. The summed E-state index contributed by atoms with van der Waals surface area (Å²) < 4.78 is 8.88. The molecule has 0 aromatic rings. The van der Waals surface area contributed by atoms with Crippen LogP contribution in [0, 0.1) is 0 Å². The molecule has 14 heavy (non-hydrogen) atoms. The quantitative estimate of drug-likeness (QED) is 0.362. The van der Waals surface area contributed by atoms with Gasteiger partial charge >= 0.3 is 13.8 Å². The molecule has 0 rings (SSSR count). The second-order valence-corrected chi connectivity index (χ2v) is 3.18. The van der Waals surface area contributed by atoms with Crippen molar-refractivity contribution in [1.82, 2.24) is 0 Å². The number of Topliss-reactive ketones (excluding diaryl/α,β-unsaturated/α-hetero) is 1. The molecule has 0 spiro atoms. The number of carbonyl (C=O) groups is 2. The Hall–Kier alpha value is -0.790. The summed E-state index contributed by atoms with van der Waals surface area (Å²) in [6.45, 7) is -0.0622. The van der Waals surface area contributed by atoms with Gasteiger partial charge in [0.2, 0.25) is 0 Å². The van der Waals surface area contributed by atoms with Crippen LogP contribution in [0.15, 0.2) is 0 Å². The normalized spacial score (nSPS) is 10.0. The minimum absolute atomic E-state index is 0.0475. The molecule has 84 valence electrons. The molecule has 0 aromatic carbocycles. The zero-order valence-electron chi connectivity index (χ0n) is 7.16.